The molecule has 0 saturated heterocycles. The quantitative estimate of drug-likeness (QED) is 0.169. The van der Waals surface area contributed by atoms with Crippen LogP contribution in [0.25, 0.3) is 76.1 Å². The summed E-state index contributed by atoms with van der Waals surface area (Å²) < 4.78 is 36.8. The first-order chi connectivity index (χ1) is 20.5. The Kier molecular flexibility index (Phi) is 3.82. The van der Waals surface area contributed by atoms with Crippen LogP contribution in [-0.2, 0) is 0 Å². The third kappa shape index (κ3) is 3.24. The summed E-state index contributed by atoms with van der Waals surface area (Å²) in [6.45, 7) is 0. The van der Waals surface area contributed by atoms with Gasteiger partial charge in [0.2, 0.25) is 0 Å². The fraction of sp³-hybridized carbons (Fsp3) is 0. The van der Waals surface area contributed by atoms with Crippen LogP contribution >= 0.6 is 0 Å². The fourth-order valence-electron chi connectivity index (χ4n) is 5.84. The molecule has 0 atom stereocenters. The minimum absolute atomic E-state index is 0.0320. The highest BCUT2D eigenvalue weighted by Crippen LogP contribution is 2.40. The summed E-state index contributed by atoms with van der Waals surface area (Å²) in [5.74, 6) is 0. The molecule has 0 amide bonds. The highest BCUT2D eigenvalue weighted by molar-refractivity contribution is 6.20. The number of rotatable bonds is 2. The molecule has 0 heterocycles. The van der Waals surface area contributed by atoms with Gasteiger partial charge in [0.25, 0.3) is 0 Å². The molecule has 0 radical (unpaired) electrons. The van der Waals surface area contributed by atoms with Crippen LogP contribution in [0.1, 0.15) is 5.48 Å². The van der Waals surface area contributed by atoms with Gasteiger partial charge in [-0.2, -0.15) is 0 Å². The Balaban J connectivity index is 1.42. The average Bonchev–Trinajstić information content (AvgIpc) is 3.03. The van der Waals surface area contributed by atoms with Crippen molar-refractivity contribution in [2.24, 2.45) is 0 Å². The van der Waals surface area contributed by atoms with E-state index in [4.69, 9.17) is 2.74 Å². The Morgan fingerprint density at radius 3 is 1.58 bits per heavy atom. The van der Waals surface area contributed by atoms with Crippen molar-refractivity contribution >= 4 is 53.9 Å². The highest BCUT2D eigenvalue weighted by Gasteiger charge is 2.12. The molecule has 0 unspecified atom stereocenters. The summed E-state index contributed by atoms with van der Waals surface area (Å²) in [6, 6.07) is 40.7. The van der Waals surface area contributed by atoms with Crippen LogP contribution in [0.2, 0.25) is 0 Å². The third-order valence-electron chi connectivity index (χ3n) is 7.68. The van der Waals surface area contributed by atoms with Gasteiger partial charge in [-0.3, -0.25) is 0 Å². The molecule has 38 heavy (non-hydrogen) atoms. The van der Waals surface area contributed by atoms with E-state index in [1.165, 1.54) is 0 Å². The third-order valence-corrected chi connectivity index (χ3v) is 7.68. The molecule has 0 N–H and O–H groups in total. The second-order valence-electron chi connectivity index (χ2n) is 9.83. The number of hydrogen-bond donors (Lipinski definition) is 0. The Morgan fingerprint density at radius 1 is 0.316 bits per heavy atom. The van der Waals surface area contributed by atoms with Gasteiger partial charge in [-0.1, -0.05) is 133 Å². The summed E-state index contributed by atoms with van der Waals surface area (Å²) in [7, 11) is 0. The summed E-state index contributed by atoms with van der Waals surface area (Å²) in [6.07, 6.45) is 0. The monoisotopic (exact) mass is 484 g/mol. The van der Waals surface area contributed by atoms with E-state index in [9.17, 15) is 2.74 Å². The van der Waals surface area contributed by atoms with Crippen molar-refractivity contribution in [2.45, 2.75) is 0 Å². The molecule has 0 heteroatoms. The van der Waals surface area contributed by atoms with Crippen molar-refractivity contribution < 1.29 is 5.48 Å². The zero-order valence-electron chi connectivity index (χ0n) is 24.5. The molecule has 0 spiro atoms. The molecule has 0 fully saturated rings. The van der Waals surface area contributed by atoms with Gasteiger partial charge >= 0.3 is 0 Å². The maximum absolute atomic E-state index is 9.25. The lowest BCUT2D eigenvalue weighted by Crippen LogP contribution is -1.87. The lowest BCUT2D eigenvalue weighted by molar-refractivity contribution is 1.63. The predicted octanol–water partition coefficient (Wildman–Crippen LogP) is 10.8. The smallest absolute Gasteiger partial charge is 0.0616 e. The van der Waals surface area contributed by atoms with Crippen molar-refractivity contribution in [3.63, 3.8) is 0 Å². The first-order valence-electron chi connectivity index (χ1n) is 14.9. The number of hydrogen-bond acceptors (Lipinski definition) is 0. The van der Waals surface area contributed by atoms with Crippen LogP contribution in [0.5, 0.6) is 0 Å². The molecule has 0 aliphatic rings. The van der Waals surface area contributed by atoms with E-state index < -0.39 is 0 Å². The van der Waals surface area contributed by atoms with Gasteiger partial charge in [-0.25, -0.2) is 0 Å². The van der Waals surface area contributed by atoms with Gasteiger partial charge in [-0.05, 0) is 88.2 Å². The molecular formula is C38H24. The van der Waals surface area contributed by atoms with Crippen LogP contribution in [0.15, 0.2) is 145 Å². The van der Waals surface area contributed by atoms with Gasteiger partial charge in [0.1, 0.15) is 0 Å². The van der Waals surface area contributed by atoms with Crippen LogP contribution in [-0.4, -0.2) is 0 Å². The lowest BCUT2D eigenvalue weighted by Gasteiger charge is -2.14. The molecular weight excluding hydrogens is 456 g/mol. The Labute approximate surface area is 227 Å². The minimum atomic E-state index is -0.0342. The largest absolute Gasteiger partial charge is 0.0629 e. The van der Waals surface area contributed by atoms with Crippen LogP contribution < -0.4 is 0 Å². The molecule has 0 saturated carbocycles. The zero-order chi connectivity index (χ0) is 28.5. The standard InChI is InChI=1S/C38H24/c1-4-10-32-26(7-1)15-18-31-23-29(20-21-34(31)32)25-13-16-28(17-14-25)38-35-12-6-3-9-30(35)24-37-33-11-5-2-8-27(33)19-22-36(37)38/h1-24H/i13D,14D,16D,17D. The van der Waals surface area contributed by atoms with Gasteiger partial charge in [0, 0.05) is 0 Å². The topological polar surface area (TPSA) is 0 Å². The SMILES string of the molecule is [2H]c1c([2H])c(-c2c3ccccc3cc3c2ccc2ccccc23)c([2H])c([2H])c1-c1ccc2c(ccc3ccccc32)c1. The average molecular weight is 485 g/mol. The molecule has 8 aromatic carbocycles. The molecule has 8 rings (SSSR count). The van der Waals surface area contributed by atoms with Crippen molar-refractivity contribution in [1.82, 2.24) is 0 Å². The van der Waals surface area contributed by atoms with E-state index in [1.807, 2.05) is 72.8 Å². The van der Waals surface area contributed by atoms with Crippen molar-refractivity contribution in [3.05, 3.63) is 145 Å². The second kappa shape index (κ2) is 8.30. The Hall–Kier alpha value is -4.94. The van der Waals surface area contributed by atoms with Crippen molar-refractivity contribution in [1.29, 1.82) is 0 Å². The summed E-state index contributed by atoms with van der Waals surface area (Å²) in [5.41, 5.74) is 2.06. The summed E-state index contributed by atoms with van der Waals surface area (Å²) >= 11 is 0. The zero-order valence-corrected chi connectivity index (χ0v) is 20.5. The molecule has 0 aliphatic carbocycles. The molecule has 0 aliphatic heterocycles. The first-order valence-corrected chi connectivity index (χ1v) is 12.9. The normalized spacial score (nSPS) is 13.2. The van der Waals surface area contributed by atoms with Crippen molar-refractivity contribution in [3.8, 4) is 22.3 Å². The number of fused-ring (bicyclic) bond motifs is 7. The second-order valence-corrected chi connectivity index (χ2v) is 9.83. The van der Waals surface area contributed by atoms with E-state index >= 15 is 0 Å². The highest BCUT2D eigenvalue weighted by atomic mass is 14.2. The maximum atomic E-state index is 9.25. The summed E-state index contributed by atoms with van der Waals surface area (Å²) in [4.78, 5) is 0. The molecule has 8 aromatic rings. The molecule has 0 bridgehead atoms. The summed E-state index contributed by atoms with van der Waals surface area (Å²) in [5, 5.41) is 10.5. The van der Waals surface area contributed by atoms with Crippen molar-refractivity contribution in [2.75, 3.05) is 0 Å². The Morgan fingerprint density at radius 2 is 0.816 bits per heavy atom. The lowest BCUT2D eigenvalue weighted by atomic mass is 9.89. The van der Waals surface area contributed by atoms with E-state index in [0.717, 1.165) is 59.4 Å². The number of benzene rings is 8. The fourth-order valence-corrected chi connectivity index (χ4v) is 5.84. The molecule has 0 aromatic heterocycles. The van der Waals surface area contributed by atoms with Gasteiger partial charge in [0.15, 0.2) is 0 Å². The van der Waals surface area contributed by atoms with Crippen LogP contribution in [0.4, 0.5) is 0 Å². The van der Waals surface area contributed by atoms with Gasteiger partial charge in [0.05, 0.1) is 5.48 Å². The van der Waals surface area contributed by atoms with Crippen LogP contribution in [0, 0.1) is 0 Å². The molecule has 176 valence electrons. The van der Waals surface area contributed by atoms with Crippen LogP contribution in [0.3, 0.4) is 0 Å². The van der Waals surface area contributed by atoms with E-state index in [-0.39, 0.29) is 24.2 Å². The van der Waals surface area contributed by atoms with E-state index in [2.05, 4.69) is 48.5 Å². The maximum Gasteiger partial charge on any atom is 0.0629 e. The minimum Gasteiger partial charge on any atom is -0.0616 e. The molecule has 0 nitrogen and oxygen atoms in total. The van der Waals surface area contributed by atoms with Gasteiger partial charge in [-0.15, -0.1) is 0 Å². The Bertz CT molecular complexity index is 2380. The van der Waals surface area contributed by atoms with E-state index in [1.54, 1.807) is 0 Å². The van der Waals surface area contributed by atoms with E-state index in [0.29, 0.717) is 16.7 Å². The first kappa shape index (κ1) is 17.5. The van der Waals surface area contributed by atoms with Gasteiger partial charge < -0.3 is 0 Å². The predicted molar refractivity (Wildman–Crippen MR) is 165 cm³/mol.